The van der Waals surface area contributed by atoms with Gasteiger partial charge in [-0.2, -0.15) is 5.26 Å². The Hall–Kier alpha value is -1.29. The van der Waals surface area contributed by atoms with Crippen molar-refractivity contribution < 1.29 is 8.42 Å². The molecular weight excluding hydrogens is 286 g/mol. The van der Waals surface area contributed by atoms with Gasteiger partial charge in [0, 0.05) is 18.1 Å². The van der Waals surface area contributed by atoms with Crippen molar-refractivity contribution >= 4 is 27.3 Å². The fourth-order valence-electron chi connectivity index (χ4n) is 1.40. The maximum atomic E-state index is 11.2. The van der Waals surface area contributed by atoms with E-state index in [1.807, 2.05) is 0 Å². The summed E-state index contributed by atoms with van der Waals surface area (Å²) in [6.45, 7) is 2.54. The minimum atomic E-state index is -3.13. The van der Waals surface area contributed by atoms with E-state index in [2.05, 4.69) is 16.1 Å². The van der Waals surface area contributed by atoms with E-state index in [1.165, 1.54) is 0 Å². The number of nitrogens with one attached hydrogen (secondary N) is 2. The molecular formula is C12H16ClN3O2S. The average molecular weight is 302 g/mol. The van der Waals surface area contributed by atoms with Crippen molar-refractivity contribution in [1.29, 1.82) is 5.26 Å². The molecule has 104 valence electrons. The summed E-state index contributed by atoms with van der Waals surface area (Å²) in [5.41, 5.74) is 1.17. The average Bonchev–Trinajstić information content (AvgIpc) is 2.39. The van der Waals surface area contributed by atoms with Crippen molar-refractivity contribution in [1.82, 2.24) is 4.72 Å². The Morgan fingerprint density at radius 3 is 2.74 bits per heavy atom. The van der Waals surface area contributed by atoms with Crippen molar-refractivity contribution in [2.45, 2.75) is 13.3 Å². The molecule has 0 aliphatic heterocycles. The molecule has 0 fully saturated rings. The Morgan fingerprint density at radius 2 is 2.11 bits per heavy atom. The topological polar surface area (TPSA) is 82.0 Å². The maximum Gasteiger partial charge on any atom is 0.211 e. The predicted octanol–water partition coefficient (Wildman–Crippen LogP) is 1.95. The van der Waals surface area contributed by atoms with Gasteiger partial charge in [-0.05, 0) is 31.5 Å². The molecule has 1 rings (SSSR count). The molecule has 0 spiro atoms. The lowest BCUT2D eigenvalue weighted by molar-refractivity contribution is 0.581. The first-order valence-corrected chi connectivity index (χ1v) is 7.92. The monoisotopic (exact) mass is 301 g/mol. The number of sulfonamides is 1. The number of benzene rings is 1. The number of hydrogen-bond donors (Lipinski definition) is 2. The lowest BCUT2D eigenvalue weighted by Crippen LogP contribution is -2.27. The molecule has 0 atom stereocenters. The number of anilines is 1. The van der Waals surface area contributed by atoms with Crippen LogP contribution in [0.2, 0.25) is 5.02 Å². The highest BCUT2D eigenvalue weighted by molar-refractivity contribution is 7.89. The van der Waals surface area contributed by atoms with Gasteiger partial charge >= 0.3 is 0 Å². The molecule has 0 aliphatic carbocycles. The molecule has 0 amide bonds. The van der Waals surface area contributed by atoms with Crippen LogP contribution < -0.4 is 10.0 Å². The summed E-state index contributed by atoms with van der Waals surface area (Å²) in [6, 6.07) is 7.07. The van der Waals surface area contributed by atoms with Crippen molar-refractivity contribution in [3.63, 3.8) is 0 Å². The number of nitriles is 1. The first-order valence-electron chi connectivity index (χ1n) is 5.89. The largest absolute Gasteiger partial charge is 0.384 e. The van der Waals surface area contributed by atoms with Crippen molar-refractivity contribution in [2.24, 2.45) is 0 Å². The van der Waals surface area contributed by atoms with Crippen LogP contribution in [0.25, 0.3) is 0 Å². The summed E-state index contributed by atoms with van der Waals surface area (Å²) in [5.74, 6) is 0.0796. The van der Waals surface area contributed by atoms with Gasteiger partial charge in [0.2, 0.25) is 10.0 Å². The van der Waals surface area contributed by atoms with Crippen molar-refractivity contribution in [3.05, 3.63) is 28.8 Å². The molecule has 1 aromatic carbocycles. The number of halogens is 1. The molecule has 7 heteroatoms. The minimum Gasteiger partial charge on any atom is -0.384 e. The highest BCUT2D eigenvalue weighted by atomic mass is 35.5. The molecule has 0 unspecified atom stereocenters. The number of nitrogens with zero attached hydrogens (tertiary/aromatic N) is 1. The highest BCUT2D eigenvalue weighted by Gasteiger charge is 2.05. The number of rotatable bonds is 7. The Morgan fingerprint density at radius 1 is 1.37 bits per heavy atom. The molecule has 1 aromatic rings. The third-order valence-electron chi connectivity index (χ3n) is 2.47. The Balaban J connectivity index is 2.40. The van der Waals surface area contributed by atoms with Gasteiger partial charge in [-0.15, -0.1) is 0 Å². The van der Waals surface area contributed by atoms with Crippen LogP contribution in [0.5, 0.6) is 0 Å². The van der Waals surface area contributed by atoms with E-state index in [0.717, 1.165) is 0 Å². The summed E-state index contributed by atoms with van der Waals surface area (Å²) in [4.78, 5) is 0. The second kappa shape index (κ2) is 7.34. The van der Waals surface area contributed by atoms with Crippen LogP contribution in [0.4, 0.5) is 5.69 Å². The van der Waals surface area contributed by atoms with Crippen molar-refractivity contribution in [2.75, 3.05) is 24.2 Å². The molecule has 2 N–H and O–H groups in total. The van der Waals surface area contributed by atoms with Gasteiger partial charge in [0.1, 0.15) is 6.07 Å². The van der Waals surface area contributed by atoms with Crippen LogP contribution in [0.15, 0.2) is 18.2 Å². The third kappa shape index (κ3) is 5.47. The van der Waals surface area contributed by atoms with E-state index >= 15 is 0 Å². The summed E-state index contributed by atoms with van der Waals surface area (Å²) < 4.78 is 24.8. The van der Waals surface area contributed by atoms with E-state index in [4.69, 9.17) is 16.9 Å². The van der Waals surface area contributed by atoms with Crippen LogP contribution in [-0.4, -0.2) is 27.3 Å². The standard InChI is InChI=1S/C12H16ClN3O2S/c1-2-19(17,18)16-7-3-6-15-12-5-4-11(13)8-10(12)9-14/h4-5,8,15-16H,2-3,6-7H2,1H3. The van der Waals surface area contributed by atoms with Gasteiger partial charge in [-0.1, -0.05) is 11.6 Å². The SMILES string of the molecule is CCS(=O)(=O)NCCCNc1ccc(Cl)cc1C#N. The molecule has 0 bridgehead atoms. The van der Waals surface area contributed by atoms with E-state index in [0.29, 0.717) is 35.8 Å². The summed E-state index contributed by atoms with van der Waals surface area (Å²) in [6.07, 6.45) is 0.632. The van der Waals surface area contributed by atoms with Crippen LogP contribution in [0.1, 0.15) is 18.9 Å². The lowest BCUT2D eigenvalue weighted by Gasteiger charge is -2.09. The fourth-order valence-corrected chi connectivity index (χ4v) is 2.24. The Labute approximate surface area is 118 Å². The first kappa shape index (κ1) is 15.8. The third-order valence-corrected chi connectivity index (χ3v) is 4.11. The zero-order chi connectivity index (χ0) is 14.3. The van der Waals surface area contributed by atoms with Gasteiger partial charge in [0.15, 0.2) is 0 Å². The highest BCUT2D eigenvalue weighted by Crippen LogP contribution is 2.19. The molecule has 0 heterocycles. The smallest absolute Gasteiger partial charge is 0.211 e. The van der Waals surface area contributed by atoms with Crippen molar-refractivity contribution in [3.8, 4) is 6.07 Å². The van der Waals surface area contributed by atoms with Gasteiger partial charge in [-0.3, -0.25) is 0 Å². The second-order valence-electron chi connectivity index (χ2n) is 3.88. The zero-order valence-corrected chi connectivity index (χ0v) is 12.2. The van der Waals surface area contributed by atoms with Gasteiger partial charge < -0.3 is 5.32 Å². The molecule has 0 aromatic heterocycles. The molecule has 0 aliphatic rings. The quantitative estimate of drug-likeness (QED) is 0.754. The van der Waals surface area contributed by atoms with E-state index in [9.17, 15) is 8.42 Å². The first-order chi connectivity index (χ1) is 8.98. The predicted molar refractivity (Wildman–Crippen MR) is 76.7 cm³/mol. The van der Waals surface area contributed by atoms with Crippen LogP contribution in [0, 0.1) is 11.3 Å². The number of hydrogen-bond acceptors (Lipinski definition) is 4. The second-order valence-corrected chi connectivity index (χ2v) is 6.41. The molecule has 0 saturated carbocycles. The normalized spacial score (nSPS) is 11.0. The summed E-state index contributed by atoms with van der Waals surface area (Å²) in [5, 5.41) is 12.5. The summed E-state index contributed by atoms with van der Waals surface area (Å²) >= 11 is 5.79. The van der Waals surface area contributed by atoms with Gasteiger partial charge in [0.25, 0.3) is 0 Å². The van der Waals surface area contributed by atoms with Gasteiger partial charge in [-0.25, -0.2) is 13.1 Å². The zero-order valence-electron chi connectivity index (χ0n) is 10.6. The van der Waals surface area contributed by atoms with E-state index in [1.54, 1.807) is 25.1 Å². The molecule has 0 saturated heterocycles. The molecule has 0 radical (unpaired) electrons. The Bertz CT molecular complexity index is 567. The van der Waals surface area contributed by atoms with Crippen LogP contribution in [0.3, 0.4) is 0 Å². The molecule has 5 nitrogen and oxygen atoms in total. The molecule has 19 heavy (non-hydrogen) atoms. The van der Waals surface area contributed by atoms with Crippen LogP contribution in [-0.2, 0) is 10.0 Å². The lowest BCUT2D eigenvalue weighted by atomic mass is 10.2. The van der Waals surface area contributed by atoms with Gasteiger partial charge in [0.05, 0.1) is 17.0 Å². The maximum absolute atomic E-state index is 11.2. The van der Waals surface area contributed by atoms with E-state index in [-0.39, 0.29) is 5.75 Å². The summed E-state index contributed by atoms with van der Waals surface area (Å²) in [7, 11) is -3.13. The minimum absolute atomic E-state index is 0.0796. The van der Waals surface area contributed by atoms with Crippen LogP contribution >= 0.6 is 11.6 Å². The van der Waals surface area contributed by atoms with E-state index < -0.39 is 10.0 Å². The Kier molecular flexibility index (Phi) is 6.09. The fraction of sp³-hybridized carbons (Fsp3) is 0.417.